The maximum atomic E-state index is 12.1. The fraction of sp³-hybridized carbons (Fsp3) is 0.0556. The smallest absolute Gasteiger partial charge is 0.256 e. The van der Waals surface area contributed by atoms with E-state index in [0.717, 1.165) is 5.56 Å². The van der Waals surface area contributed by atoms with Gasteiger partial charge in [0, 0.05) is 22.2 Å². The maximum absolute atomic E-state index is 12.1. The largest absolute Gasteiger partial charge is 0.364 e. The van der Waals surface area contributed by atoms with E-state index in [2.05, 4.69) is 20.8 Å². The van der Waals surface area contributed by atoms with E-state index < -0.39 is 0 Å². The van der Waals surface area contributed by atoms with Crippen molar-refractivity contribution in [3.05, 3.63) is 81.8 Å². The summed E-state index contributed by atoms with van der Waals surface area (Å²) >= 11 is 11.9. The van der Waals surface area contributed by atoms with Gasteiger partial charge in [-0.3, -0.25) is 4.79 Å². The monoisotopic (exact) mass is 372 g/mol. The zero-order valence-corrected chi connectivity index (χ0v) is 14.6. The van der Waals surface area contributed by atoms with Crippen molar-refractivity contribution < 1.29 is 4.79 Å². The molecule has 0 aliphatic heterocycles. The molecule has 1 aromatic heterocycles. The number of rotatable bonds is 5. The van der Waals surface area contributed by atoms with Crippen molar-refractivity contribution in [2.24, 2.45) is 0 Å². The van der Waals surface area contributed by atoms with Gasteiger partial charge in [0.2, 0.25) is 0 Å². The molecule has 0 spiro atoms. The topological polar surface area (TPSA) is 66.9 Å². The van der Waals surface area contributed by atoms with Crippen molar-refractivity contribution in [3.63, 3.8) is 0 Å². The van der Waals surface area contributed by atoms with E-state index in [-0.39, 0.29) is 5.91 Å². The zero-order chi connectivity index (χ0) is 17.6. The third-order valence-electron chi connectivity index (χ3n) is 3.43. The molecule has 0 saturated carbocycles. The van der Waals surface area contributed by atoms with Crippen molar-refractivity contribution in [2.75, 3.05) is 10.6 Å². The molecule has 2 aromatic carbocycles. The highest BCUT2D eigenvalue weighted by Crippen LogP contribution is 2.16. The molecule has 1 amide bonds. The molecule has 5 nitrogen and oxygen atoms in total. The minimum absolute atomic E-state index is 0.275. The number of nitrogens with zero attached hydrogens (tertiary/aromatic N) is 2. The fourth-order valence-corrected chi connectivity index (χ4v) is 2.44. The predicted octanol–water partition coefficient (Wildman–Crippen LogP) is 4.65. The molecule has 0 saturated heterocycles. The molecule has 0 aliphatic rings. The molecule has 0 unspecified atom stereocenters. The van der Waals surface area contributed by atoms with Gasteiger partial charge in [0.15, 0.2) is 5.82 Å². The average molecular weight is 373 g/mol. The molecule has 0 fully saturated rings. The van der Waals surface area contributed by atoms with Crippen LogP contribution in [0, 0.1) is 0 Å². The lowest BCUT2D eigenvalue weighted by molar-refractivity contribution is 0.102. The molecule has 3 aromatic rings. The second-order valence-corrected chi connectivity index (χ2v) is 6.05. The zero-order valence-electron chi connectivity index (χ0n) is 13.0. The highest BCUT2D eigenvalue weighted by molar-refractivity contribution is 6.31. The first-order chi connectivity index (χ1) is 12.1. The summed E-state index contributed by atoms with van der Waals surface area (Å²) < 4.78 is 0. The van der Waals surface area contributed by atoms with Crippen molar-refractivity contribution in [1.82, 2.24) is 10.2 Å². The Hall–Kier alpha value is -2.63. The molecule has 0 bridgehead atoms. The molecule has 2 N–H and O–H groups in total. The molecule has 126 valence electrons. The Bertz CT molecular complexity index is 867. The van der Waals surface area contributed by atoms with Gasteiger partial charge in [-0.2, -0.15) is 0 Å². The molecular weight excluding hydrogens is 359 g/mol. The summed E-state index contributed by atoms with van der Waals surface area (Å²) in [5.74, 6) is 0.676. The first-order valence-electron chi connectivity index (χ1n) is 7.50. The van der Waals surface area contributed by atoms with Crippen molar-refractivity contribution in [1.29, 1.82) is 0 Å². The van der Waals surface area contributed by atoms with Gasteiger partial charge in [-0.25, -0.2) is 0 Å². The maximum Gasteiger partial charge on any atom is 0.256 e. The molecule has 7 heteroatoms. The van der Waals surface area contributed by atoms with E-state index in [1.54, 1.807) is 36.4 Å². The van der Waals surface area contributed by atoms with E-state index in [1.807, 2.05) is 24.3 Å². The van der Waals surface area contributed by atoms with Gasteiger partial charge >= 0.3 is 0 Å². The highest BCUT2D eigenvalue weighted by Gasteiger charge is 2.07. The summed E-state index contributed by atoms with van der Waals surface area (Å²) in [6, 6.07) is 17.6. The number of nitrogens with one attached hydrogen (secondary N) is 2. The van der Waals surface area contributed by atoms with Gasteiger partial charge in [-0.1, -0.05) is 41.4 Å². The lowest BCUT2D eigenvalue weighted by Crippen LogP contribution is -2.13. The number of aromatic nitrogens is 2. The number of hydrogen-bond donors (Lipinski definition) is 2. The standard InChI is InChI=1S/C18H14Cl2N4O/c19-14-7-5-12(6-8-14)18(25)22-17-10-9-16(23-24-17)21-11-13-3-1-2-4-15(13)20/h1-10H,11H2,(H,21,23)(H,22,24,25). The molecule has 3 rings (SSSR count). The minimum Gasteiger partial charge on any atom is -0.364 e. The van der Waals surface area contributed by atoms with Crippen LogP contribution in [0.5, 0.6) is 0 Å². The third kappa shape index (κ3) is 4.68. The predicted molar refractivity (Wildman–Crippen MR) is 100 cm³/mol. The summed E-state index contributed by atoms with van der Waals surface area (Å²) in [5.41, 5.74) is 1.46. The number of carbonyl (C=O) groups excluding carboxylic acids is 1. The normalized spacial score (nSPS) is 10.3. The van der Waals surface area contributed by atoms with Gasteiger partial charge < -0.3 is 10.6 Å². The lowest BCUT2D eigenvalue weighted by Gasteiger charge is -2.08. The fourth-order valence-electron chi connectivity index (χ4n) is 2.11. The van der Waals surface area contributed by atoms with Crippen LogP contribution in [0.25, 0.3) is 0 Å². The van der Waals surface area contributed by atoms with Gasteiger partial charge in [0.25, 0.3) is 5.91 Å². The molecular formula is C18H14Cl2N4O. The second-order valence-electron chi connectivity index (χ2n) is 5.21. The number of amides is 1. The lowest BCUT2D eigenvalue weighted by atomic mass is 10.2. The van der Waals surface area contributed by atoms with Crippen LogP contribution in [0.2, 0.25) is 10.0 Å². The summed E-state index contributed by atoms with van der Waals surface area (Å²) in [6.45, 7) is 0.533. The van der Waals surface area contributed by atoms with E-state index in [1.165, 1.54) is 0 Å². The van der Waals surface area contributed by atoms with Crippen molar-refractivity contribution >= 4 is 40.7 Å². The van der Waals surface area contributed by atoms with E-state index in [0.29, 0.717) is 33.8 Å². The number of hydrogen-bond acceptors (Lipinski definition) is 4. The minimum atomic E-state index is -0.275. The van der Waals surface area contributed by atoms with Crippen LogP contribution in [-0.2, 0) is 6.54 Å². The van der Waals surface area contributed by atoms with E-state index in [4.69, 9.17) is 23.2 Å². The van der Waals surface area contributed by atoms with Crippen molar-refractivity contribution in [3.8, 4) is 0 Å². The molecule has 1 heterocycles. The molecule has 25 heavy (non-hydrogen) atoms. The number of anilines is 2. The Kier molecular flexibility index (Phi) is 5.48. The number of halogens is 2. The van der Waals surface area contributed by atoms with Crippen LogP contribution >= 0.6 is 23.2 Å². The second kappa shape index (κ2) is 7.96. The first kappa shape index (κ1) is 17.2. The Morgan fingerprint density at radius 3 is 2.24 bits per heavy atom. The van der Waals surface area contributed by atoms with Crippen LogP contribution in [0.4, 0.5) is 11.6 Å². The first-order valence-corrected chi connectivity index (χ1v) is 8.25. The van der Waals surface area contributed by atoms with E-state index >= 15 is 0 Å². The van der Waals surface area contributed by atoms with Gasteiger partial charge in [0.1, 0.15) is 5.82 Å². The van der Waals surface area contributed by atoms with E-state index in [9.17, 15) is 4.79 Å². The Labute approximate surface area is 155 Å². The molecule has 0 aliphatic carbocycles. The molecule has 0 atom stereocenters. The van der Waals surface area contributed by atoms with Crippen LogP contribution in [-0.4, -0.2) is 16.1 Å². The van der Waals surface area contributed by atoms with Crippen molar-refractivity contribution in [2.45, 2.75) is 6.54 Å². The highest BCUT2D eigenvalue weighted by atomic mass is 35.5. The number of carbonyl (C=O) groups is 1. The SMILES string of the molecule is O=C(Nc1ccc(NCc2ccccc2Cl)nn1)c1ccc(Cl)cc1. The summed E-state index contributed by atoms with van der Waals surface area (Å²) in [4.78, 5) is 12.1. The van der Waals surface area contributed by atoms with Gasteiger partial charge in [-0.05, 0) is 48.0 Å². The van der Waals surface area contributed by atoms with Gasteiger partial charge in [0.05, 0.1) is 0 Å². The summed E-state index contributed by atoms with van der Waals surface area (Å²) in [5, 5.41) is 15.1. The Morgan fingerprint density at radius 2 is 1.56 bits per heavy atom. The van der Waals surface area contributed by atoms with Crippen LogP contribution in [0.15, 0.2) is 60.7 Å². The Morgan fingerprint density at radius 1 is 0.880 bits per heavy atom. The van der Waals surface area contributed by atoms with Crippen LogP contribution < -0.4 is 10.6 Å². The number of benzene rings is 2. The summed E-state index contributed by atoms with van der Waals surface area (Å²) in [7, 11) is 0. The van der Waals surface area contributed by atoms with Crippen LogP contribution in [0.1, 0.15) is 15.9 Å². The van der Waals surface area contributed by atoms with Crippen LogP contribution in [0.3, 0.4) is 0 Å². The Balaban J connectivity index is 1.59. The quantitative estimate of drug-likeness (QED) is 0.683. The van der Waals surface area contributed by atoms with Gasteiger partial charge in [-0.15, -0.1) is 10.2 Å². The molecule has 0 radical (unpaired) electrons. The summed E-state index contributed by atoms with van der Waals surface area (Å²) in [6.07, 6.45) is 0. The average Bonchev–Trinajstić information content (AvgIpc) is 2.63. The third-order valence-corrected chi connectivity index (χ3v) is 4.05.